The smallest absolute Gasteiger partial charge is 0.240 e. The van der Waals surface area contributed by atoms with Gasteiger partial charge in [0.05, 0.1) is 10.6 Å². The summed E-state index contributed by atoms with van der Waals surface area (Å²) in [6, 6.07) is 7.01. The third-order valence-corrected chi connectivity index (χ3v) is 5.41. The first-order valence-electron chi connectivity index (χ1n) is 7.48. The van der Waals surface area contributed by atoms with Crippen molar-refractivity contribution in [1.29, 1.82) is 0 Å². The molecule has 2 rings (SSSR count). The molecule has 0 radical (unpaired) electrons. The van der Waals surface area contributed by atoms with Crippen LogP contribution in [0.3, 0.4) is 0 Å². The van der Waals surface area contributed by atoms with Crippen LogP contribution in [0, 0.1) is 13.8 Å². The Kier molecular flexibility index (Phi) is 5.23. The zero-order chi connectivity index (χ0) is 17.2. The minimum atomic E-state index is -3.40. The number of aromatic nitrogens is 1. The molecule has 0 saturated carbocycles. The Morgan fingerprint density at radius 1 is 1.09 bits per heavy atom. The number of benzene rings is 1. The largest absolute Gasteiger partial charge is 0.361 e. The van der Waals surface area contributed by atoms with Gasteiger partial charge in [-0.25, -0.2) is 13.1 Å². The third-order valence-electron chi connectivity index (χ3n) is 3.98. The molecule has 0 aliphatic heterocycles. The summed E-state index contributed by atoms with van der Waals surface area (Å²) < 4.78 is 31.0. The van der Waals surface area contributed by atoms with Crippen molar-refractivity contribution in [2.24, 2.45) is 0 Å². The van der Waals surface area contributed by atoms with Gasteiger partial charge in [0.25, 0.3) is 0 Å². The fraction of sp³-hybridized carbons (Fsp3) is 0.438. The van der Waals surface area contributed by atoms with E-state index >= 15 is 0 Å². The van der Waals surface area contributed by atoms with Crippen molar-refractivity contribution in [2.75, 3.05) is 7.05 Å². The molecule has 1 aromatic heterocycles. The number of nitrogens with one attached hydrogen (secondary N) is 2. The predicted octanol–water partition coefficient (Wildman–Crippen LogP) is 2.61. The van der Waals surface area contributed by atoms with Crippen LogP contribution in [-0.2, 0) is 10.0 Å². The van der Waals surface area contributed by atoms with E-state index in [9.17, 15) is 8.42 Å². The lowest BCUT2D eigenvalue weighted by molar-refractivity contribution is 0.389. The molecule has 0 fully saturated rings. The summed E-state index contributed by atoms with van der Waals surface area (Å²) in [5, 5.41) is 7.46. The SMILES string of the molecule is CNS(=O)(=O)c1ccc([C@H](C)N[C@@H](C)c2c(C)noc2C)cc1. The summed E-state index contributed by atoms with van der Waals surface area (Å²) >= 11 is 0. The molecule has 126 valence electrons. The molecular weight excluding hydrogens is 314 g/mol. The number of aryl methyl sites for hydroxylation is 2. The fourth-order valence-electron chi connectivity index (χ4n) is 2.72. The molecule has 2 atom stereocenters. The average Bonchev–Trinajstić information content (AvgIpc) is 2.86. The van der Waals surface area contributed by atoms with Crippen LogP contribution in [0.1, 0.15) is 48.5 Å². The highest BCUT2D eigenvalue weighted by molar-refractivity contribution is 7.89. The maximum absolute atomic E-state index is 11.7. The van der Waals surface area contributed by atoms with Crippen molar-refractivity contribution in [3.05, 3.63) is 46.8 Å². The monoisotopic (exact) mass is 337 g/mol. The Labute approximate surface area is 137 Å². The molecule has 7 heteroatoms. The van der Waals surface area contributed by atoms with Gasteiger partial charge in [-0.2, -0.15) is 0 Å². The Balaban J connectivity index is 2.14. The predicted molar refractivity (Wildman–Crippen MR) is 88.6 cm³/mol. The van der Waals surface area contributed by atoms with Gasteiger partial charge in [-0.15, -0.1) is 0 Å². The maximum Gasteiger partial charge on any atom is 0.240 e. The molecule has 2 N–H and O–H groups in total. The lowest BCUT2D eigenvalue weighted by Gasteiger charge is -2.20. The summed E-state index contributed by atoms with van der Waals surface area (Å²) in [5.41, 5.74) is 2.95. The van der Waals surface area contributed by atoms with E-state index < -0.39 is 10.0 Å². The Hall–Kier alpha value is -1.70. The van der Waals surface area contributed by atoms with Gasteiger partial charge in [0.2, 0.25) is 10.0 Å². The molecule has 0 spiro atoms. The molecule has 0 unspecified atom stereocenters. The summed E-state index contributed by atoms with van der Waals surface area (Å²) in [5.74, 6) is 0.810. The topological polar surface area (TPSA) is 84.2 Å². The van der Waals surface area contributed by atoms with E-state index in [1.54, 1.807) is 12.1 Å². The Bertz CT molecular complexity index is 747. The summed E-state index contributed by atoms with van der Waals surface area (Å²) in [6.45, 7) is 7.92. The van der Waals surface area contributed by atoms with Crippen LogP contribution in [0.4, 0.5) is 0 Å². The number of hydrogen-bond donors (Lipinski definition) is 2. The second-order valence-corrected chi connectivity index (χ2v) is 7.51. The van der Waals surface area contributed by atoms with Crippen LogP contribution in [0.15, 0.2) is 33.7 Å². The van der Waals surface area contributed by atoms with Crippen LogP contribution in [0.2, 0.25) is 0 Å². The number of rotatable bonds is 6. The van der Waals surface area contributed by atoms with Crippen molar-refractivity contribution in [2.45, 2.75) is 44.7 Å². The minimum absolute atomic E-state index is 0.0602. The highest BCUT2D eigenvalue weighted by Crippen LogP contribution is 2.25. The van der Waals surface area contributed by atoms with Crippen molar-refractivity contribution in [3.8, 4) is 0 Å². The van der Waals surface area contributed by atoms with E-state index in [4.69, 9.17) is 4.52 Å². The van der Waals surface area contributed by atoms with Crippen LogP contribution < -0.4 is 10.0 Å². The van der Waals surface area contributed by atoms with E-state index in [0.717, 1.165) is 22.6 Å². The van der Waals surface area contributed by atoms with Crippen molar-refractivity contribution < 1.29 is 12.9 Å². The van der Waals surface area contributed by atoms with Crippen LogP contribution in [0.5, 0.6) is 0 Å². The highest BCUT2D eigenvalue weighted by Gasteiger charge is 2.19. The minimum Gasteiger partial charge on any atom is -0.361 e. The standard InChI is InChI=1S/C16H23N3O3S/c1-10(18-11(2)16-12(3)19-22-13(16)4)14-6-8-15(9-7-14)23(20,21)17-5/h6-11,17-18H,1-5H3/t10-,11-/m0/s1. The number of hydrogen-bond acceptors (Lipinski definition) is 5. The van der Waals surface area contributed by atoms with Gasteiger partial charge in [-0.05, 0) is 52.4 Å². The lowest BCUT2D eigenvalue weighted by Crippen LogP contribution is -2.23. The molecule has 6 nitrogen and oxygen atoms in total. The van der Waals surface area contributed by atoms with E-state index in [2.05, 4.69) is 22.1 Å². The van der Waals surface area contributed by atoms with Gasteiger partial charge >= 0.3 is 0 Å². The molecule has 0 bridgehead atoms. The normalized spacial score (nSPS) is 14.7. The van der Waals surface area contributed by atoms with Crippen LogP contribution >= 0.6 is 0 Å². The molecule has 0 aliphatic carbocycles. The molecule has 1 aromatic carbocycles. The van der Waals surface area contributed by atoms with Gasteiger partial charge in [-0.3, -0.25) is 0 Å². The Morgan fingerprint density at radius 2 is 1.70 bits per heavy atom. The molecule has 0 aliphatic rings. The molecule has 23 heavy (non-hydrogen) atoms. The van der Waals surface area contributed by atoms with E-state index in [-0.39, 0.29) is 17.0 Å². The van der Waals surface area contributed by atoms with Crippen LogP contribution in [0.25, 0.3) is 0 Å². The van der Waals surface area contributed by atoms with Gasteiger partial charge in [0.1, 0.15) is 5.76 Å². The number of nitrogens with zero attached hydrogens (tertiary/aromatic N) is 1. The van der Waals surface area contributed by atoms with Gasteiger partial charge in [-0.1, -0.05) is 17.3 Å². The van der Waals surface area contributed by atoms with Crippen molar-refractivity contribution in [3.63, 3.8) is 0 Å². The number of sulfonamides is 1. The van der Waals surface area contributed by atoms with E-state index in [1.807, 2.05) is 32.9 Å². The molecule has 2 aromatic rings. The average molecular weight is 337 g/mol. The zero-order valence-corrected chi connectivity index (χ0v) is 14.9. The first-order valence-corrected chi connectivity index (χ1v) is 8.97. The Morgan fingerprint density at radius 3 is 2.17 bits per heavy atom. The van der Waals surface area contributed by atoms with Gasteiger partial charge in [0, 0.05) is 17.6 Å². The summed E-state index contributed by atoms with van der Waals surface area (Å²) in [7, 11) is -2.00. The van der Waals surface area contributed by atoms with E-state index in [1.165, 1.54) is 7.05 Å². The molecular formula is C16H23N3O3S. The molecule has 0 amide bonds. The highest BCUT2D eigenvalue weighted by atomic mass is 32.2. The summed E-state index contributed by atoms with van der Waals surface area (Å²) in [4.78, 5) is 0.259. The third kappa shape index (κ3) is 3.80. The first kappa shape index (κ1) is 17.7. The van der Waals surface area contributed by atoms with Gasteiger partial charge in [0.15, 0.2) is 0 Å². The lowest BCUT2D eigenvalue weighted by atomic mass is 10.0. The van der Waals surface area contributed by atoms with Crippen molar-refractivity contribution >= 4 is 10.0 Å². The zero-order valence-electron chi connectivity index (χ0n) is 14.0. The first-order chi connectivity index (χ1) is 10.8. The van der Waals surface area contributed by atoms with Crippen molar-refractivity contribution in [1.82, 2.24) is 15.2 Å². The van der Waals surface area contributed by atoms with E-state index in [0.29, 0.717) is 0 Å². The molecule has 0 saturated heterocycles. The fourth-order valence-corrected chi connectivity index (χ4v) is 3.45. The van der Waals surface area contributed by atoms with Crippen LogP contribution in [-0.4, -0.2) is 20.6 Å². The summed E-state index contributed by atoms with van der Waals surface area (Å²) in [6.07, 6.45) is 0. The second kappa shape index (κ2) is 6.82. The van der Waals surface area contributed by atoms with Gasteiger partial charge < -0.3 is 9.84 Å². The second-order valence-electron chi connectivity index (χ2n) is 5.62. The quantitative estimate of drug-likeness (QED) is 0.846. The molecule has 1 heterocycles. The maximum atomic E-state index is 11.7.